The maximum Gasteiger partial charge on any atom is 0.215 e. The number of nitrogens with one attached hydrogen (secondary N) is 2. The van der Waals surface area contributed by atoms with Crippen LogP contribution in [0.1, 0.15) is 18.2 Å². The molecule has 0 bridgehead atoms. The molecule has 8 nitrogen and oxygen atoms in total. The Morgan fingerprint density at radius 3 is 2.72 bits per heavy atom. The molecule has 1 saturated heterocycles. The molecular weight excluding hydrogens is 370 g/mol. The van der Waals surface area contributed by atoms with Crippen molar-refractivity contribution in [2.45, 2.75) is 30.8 Å². The van der Waals surface area contributed by atoms with Gasteiger partial charge in [-0.25, -0.2) is 4.99 Å². The van der Waals surface area contributed by atoms with Crippen LogP contribution in [0.4, 0.5) is 0 Å². The average molecular weight is 395 g/mol. The summed E-state index contributed by atoms with van der Waals surface area (Å²) < 4.78 is 11.3. The highest BCUT2D eigenvalue weighted by atomic mass is 16.5. The molecule has 2 aliphatic heterocycles. The fourth-order valence-electron chi connectivity index (χ4n) is 3.37. The van der Waals surface area contributed by atoms with Gasteiger partial charge in [0.15, 0.2) is 6.17 Å². The van der Waals surface area contributed by atoms with E-state index in [1.54, 1.807) is 19.5 Å². The molecule has 8 heteroatoms. The zero-order valence-corrected chi connectivity index (χ0v) is 16.2. The average Bonchev–Trinajstić information content (AvgIpc) is 3.19. The van der Waals surface area contributed by atoms with Crippen LogP contribution in [0.2, 0.25) is 0 Å². The Morgan fingerprint density at radius 1 is 1.21 bits per heavy atom. The van der Waals surface area contributed by atoms with Crippen molar-refractivity contribution in [2.75, 3.05) is 20.2 Å². The van der Waals surface area contributed by atoms with Crippen LogP contribution in [0.15, 0.2) is 58.8 Å². The van der Waals surface area contributed by atoms with Crippen molar-refractivity contribution in [2.24, 2.45) is 9.98 Å². The third-order valence-corrected chi connectivity index (χ3v) is 4.94. The summed E-state index contributed by atoms with van der Waals surface area (Å²) in [6, 6.07) is 11.1. The first kappa shape index (κ1) is 19.5. The van der Waals surface area contributed by atoms with Crippen LogP contribution >= 0.6 is 0 Å². The molecule has 1 fully saturated rings. The van der Waals surface area contributed by atoms with E-state index in [-0.39, 0.29) is 24.4 Å². The molecule has 1 aromatic carbocycles. The van der Waals surface area contributed by atoms with Gasteiger partial charge in [0, 0.05) is 43.3 Å². The van der Waals surface area contributed by atoms with E-state index in [9.17, 15) is 5.11 Å². The van der Waals surface area contributed by atoms with Crippen molar-refractivity contribution in [1.29, 1.82) is 0 Å². The molecule has 2 aliphatic rings. The SMILES string of the molecule is COc1ccc(OC2=NC(c3cccnc3)N=CC2NCC2CC(O)CN2)cc1. The first-order valence-corrected chi connectivity index (χ1v) is 9.69. The van der Waals surface area contributed by atoms with E-state index in [0.29, 0.717) is 24.7 Å². The molecule has 4 rings (SSSR count). The summed E-state index contributed by atoms with van der Waals surface area (Å²) in [5, 5.41) is 16.4. The van der Waals surface area contributed by atoms with Crippen LogP contribution in [0.25, 0.3) is 0 Å². The lowest BCUT2D eigenvalue weighted by Gasteiger charge is -2.24. The Hall–Kier alpha value is -2.81. The summed E-state index contributed by atoms with van der Waals surface area (Å²) in [6.45, 7) is 1.30. The Balaban J connectivity index is 1.50. The summed E-state index contributed by atoms with van der Waals surface area (Å²) in [6.07, 6.45) is 5.35. The van der Waals surface area contributed by atoms with E-state index in [1.807, 2.05) is 42.6 Å². The fourth-order valence-corrected chi connectivity index (χ4v) is 3.37. The van der Waals surface area contributed by atoms with Gasteiger partial charge in [0.05, 0.1) is 13.2 Å². The molecule has 0 spiro atoms. The first-order valence-electron chi connectivity index (χ1n) is 9.69. The molecule has 4 atom stereocenters. The summed E-state index contributed by atoms with van der Waals surface area (Å²) in [5.41, 5.74) is 0.901. The van der Waals surface area contributed by atoms with E-state index in [0.717, 1.165) is 17.7 Å². The van der Waals surface area contributed by atoms with Crippen LogP contribution in [0.5, 0.6) is 11.5 Å². The summed E-state index contributed by atoms with van der Waals surface area (Å²) in [5.74, 6) is 1.97. The number of aliphatic hydroxyl groups excluding tert-OH is 1. The second-order valence-electron chi connectivity index (χ2n) is 7.08. The van der Waals surface area contributed by atoms with E-state index >= 15 is 0 Å². The number of aliphatic hydroxyl groups is 1. The van der Waals surface area contributed by atoms with Gasteiger partial charge in [0.1, 0.15) is 17.5 Å². The standard InChI is InChI=1S/C21H25N5O3/c1-28-17-4-6-18(7-5-17)29-21-19(24-11-15-9-16(27)12-23-15)13-25-20(26-21)14-3-2-8-22-10-14/h2-8,10,13,15-16,19-20,23-24,27H,9,11-12H2,1H3. The van der Waals surface area contributed by atoms with Gasteiger partial charge in [-0.05, 0) is 36.8 Å². The molecule has 0 radical (unpaired) electrons. The Kier molecular flexibility index (Phi) is 6.14. The lowest BCUT2D eigenvalue weighted by Crippen LogP contribution is -2.47. The number of nitrogens with zero attached hydrogens (tertiary/aromatic N) is 3. The number of methoxy groups -OCH3 is 1. The molecule has 0 aliphatic carbocycles. The van der Waals surface area contributed by atoms with Crippen molar-refractivity contribution < 1.29 is 14.6 Å². The third kappa shape index (κ3) is 4.97. The van der Waals surface area contributed by atoms with Gasteiger partial charge in [0.25, 0.3) is 0 Å². The van der Waals surface area contributed by atoms with Crippen molar-refractivity contribution in [3.05, 3.63) is 54.4 Å². The van der Waals surface area contributed by atoms with Crippen LogP contribution in [-0.2, 0) is 0 Å². The largest absolute Gasteiger partial charge is 0.497 e. The monoisotopic (exact) mass is 395 g/mol. The van der Waals surface area contributed by atoms with Crippen molar-refractivity contribution in [3.63, 3.8) is 0 Å². The molecule has 3 N–H and O–H groups in total. The zero-order chi connectivity index (χ0) is 20.1. The van der Waals surface area contributed by atoms with Crippen molar-refractivity contribution in [1.82, 2.24) is 15.6 Å². The summed E-state index contributed by atoms with van der Waals surface area (Å²) in [4.78, 5) is 13.5. The number of rotatable bonds is 6. The van der Waals surface area contributed by atoms with Crippen molar-refractivity contribution in [3.8, 4) is 11.5 Å². The molecule has 0 amide bonds. The number of hydrogen-bond acceptors (Lipinski definition) is 8. The predicted molar refractivity (Wildman–Crippen MR) is 111 cm³/mol. The molecule has 29 heavy (non-hydrogen) atoms. The highest BCUT2D eigenvalue weighted by molar-refractivity contribution is 6.00. The molecule has 1 aromatic heterocycles. The van der Waals surface area contributed by atoms with Crippen LogP contribution in [0.3, 0.4) is 0 Å². The minimum Gasteiger partial charge on any atom is -0.497 e. The maximum absolute atomic E-state index is 9.71. The smallest absolute Gasteiger partial charge is 0.215 e. The van der Waals surface area contributed by atoms with Gasteiger partial charge in [-0.2, -0.15) is 0 Å². The molecule has 4 unspecified atom stereocenters. The molecule has 0 saturated carbocycles. The molecular formula is C21H25N5O3. The van der Waals surface area contributed by atoms with Crippen molar-refractivity contribution >= 4 is 12.1 Å². The number of pyridine rings is 1. The van der Waals surface area contributed by atoms with E-state index in [4.69, 9.17) is 14.5 Å². The van der Waals surface area contributed by atoms with E-state index < -0.39 is 0 Å². The van der Waals surface area contributed by atoms with Gasteiger partial charge in [-0.1, -0.05) is 6.07 Å². The van der Waals surface area contributed by atoms with E-state index in [2.05, 4.69) is 20.6 Å². The minimum absolute atomic E-state index is 0.205. The predicted octanol–water partition coefficient (Wildman–Crippen LogP) is 1.33. The summed E-state index contributed by atoms with van der Waals surface area (Å²) >= 11 is 0. The molecule has 3 heterocycles. The summed E-state index contributed by atoms with van der Waals surface area (Å²) in [7, 11) is 1.63. The number of β-amino-alcohol motifs (C(OH)–C–C–N with tert-alkyl or cyclic N) is 1. The van der Waals surface area contributed by atoms with Crippen LogP contribution in [-0.4, -0.2) is 60.6 Å². The number of hydrogen-bond donors (Lipinski definition) is 3. The van der Waals surface area contributed by atoms with Gasteiger partial charge in [-0.15, -0.1) is 0 Å². The van der Waals surface area contributed by atoms with Crippen LogP contribution < -0.4 is 20.1 Å². The molecule has 2 aromatic rings. The Labute approximate surface area is 169 Å². The second-order valence-corrected chi connectivity index (χ2v) is 7.08. The fraction of sp³-hybridized carbons (Fsp3) is 0.381. The lowest BCUT2D eigenvalue weighted by molar-refractivity contribution is 0.193. The minimum atomic E-state index is -0.388. The first-order chi connectivity index (χ1) is 14.2. The normalized spacial score (nSPS) is 26.2. The number of benzene rings is 1. The van der Waals surface area contributed by atoms with E-state index in [1.165, 1.54) is 0 Å². The Bertz CT molecular complexity index is 856. The van der Waals surface area contributed by atoms with Gasteiger partial charge in [0.2, 0.25) is 5.90 Å². The maximum atomic E-state index is 9.71. The zero-order valence-electron chi connectivity index (χ0n) is 16.2. The lowest BCUT2D eigenvalue weighted by atomic mass is 10.1. The number of aromatic nitrogens is 1. The van der Waals surface area contributed by atoms with Gasteiger partial charge >= 0.3 is 0 Å². The molecule has 152 valence electrons. The third-order valence-electron chi connectivity index (χ3n) is 4.94. The second kappa shape index (κ2) is 9.13. The van der Waals surface area contributed by atoms with Gasteiger partial charge < -0.3 is 19.9 Å². The Morgan fingerprint density at radius 2 is 2.03 bits per heavy atom. The van der Waals surface area contributed by atoms with Gasteiger partial charge in [-0.3, -0.25) is 15.3 Å². The van der Waals surface area contributed by atoms with Crippen LogP contribution in [0, 0.1) is 0 Å². The quantitative estimate of drug-likeness (QED) is 0.682. The number of aliphatic imine (C=N–C) groups is 2. The topological polar surface area (TPSA) is 100 Å². The highest BCUT2D eigenvalue weighted by Gasteiger charge is 2.27. The highest BCUT2D eigenvalue weighted by Crippen LogP contribution is 2.23. The number of ether oxygens (including phenoxy) is 2.